The highest BCUT2D eigenvalue weighted by molar-refractivity contribution is 7.86. The number of methoxy groups -OCH3 is 1. The number of hydrogen-bond donors (Lipinski definition) is 5. The molecule has 37 heavy (non-hydrogen) atoms. The maximum atomic E-state index is 13.7. The van der Waals surface area contributed by atoms with E-state index in [-0.39, 0.29) is 23.4 Å². The van der Waals surface area contributed by atoms with E-state index in [4.69, 9.17) is 16.2 Å². The zero-order chi connectivity index (χ0) is 27.4. The van der Waals surface area contributed by atoms with Crippen molar-refractivity contribution in [2.24, 2.45) is 0 Å². The Morgan fingerprint density at radius 1 is 0.838 bits per heavy atom. The van der Waals surface area contributed by atoms with Gasteiger partial charge in [-0.1, -0.05) is 24.3 Å². The molecule has 0 heterocycles. The first-order chi connectivity index (χ1) is 17.2. The number of anilines is 2. The molecule has 0 aliphatic heterocycles. The van der Waals surface area contributed by atoms with Crippen molar-refractivity contribution in [1.82, 2.24) is 5.32 Å². The molecule has 7 N–H and O–H groups in total. The van der Waals surface area contributed by atoms with Crippen LogP contribution in [0.3, 0.4) is 0 Å². The Morgan fingerprint density at radius 3 is 1.86 bits per heavy atom. The molecule has 0 radical (unpaired) electrons. The van der Waals surface area contributed by atoms with Gasteiger partial charge in [0.1, 0.15) is 15.5 Å². The minimum atomic E-state index is -5.19. The standard InChI is InChI=1S/C23H21N3O9S2/c1-26-9-10-7-13(15(36(29,30)31)8-14(10)35-2)16-17-18(20(25)23(19(16)24)37(32,33)34)22(28)12-6-4-3-5-11(12)21(17)27/h3-8,26H,9,24-25H2,1-2H3,(H,29,30,31)(H,32,33,34). The van der Waals surface area contributed by atoms with Crippen molar-refractivity contribution in [3.63, 3.8) is 0 Å². The molecule has 14 heteroatoms. The molecule has 1 aliphatic carbocycles. The zero-order valence-corrected chi connectivity index (χ0v) is 21.0. The molecule has 0 atom stereocenters. The molecule has 0 saturated heterocycles. The molecule has 0 aromatic heterocycles. The van der Waals surface area contributed by atoms with Crippen molar-refractivity contribution >= 4 is 43.2 Å². The van der Waals surface area contributed by atoms with E-state index in [2.05, 4.69) is 5.32 Å². The number of carbonyl (C=O) groups excluding carboxylic acids is 2. The van der Waals surface area contributed by atoms with Gasteiger partial charge in [-0.05, 0) is 13.1 Å². The summed E-state index contributed by atoms with van der Waals surface area (Å²) in [7, 11) is -7.38. The maximum absolute atomic E-state index is 13.7. The van der Waals surface area contributed by atoms with Gasteiger partial charge in [-0.15, -0.1) is 0 Å². The molecule has 0 spiro atoms. The normalized spacial score (nSPS) is 13.3. The molecule has 0 unspecified atom stereocenters. The molecule has 0 bridgehead atoms. The maximum Gasteiger partial charge on any atom is 0.298 e. The summed E-state index contributed by atoms with van der Waals surface area (Å²) >= 11 is 0. The fourth-order valence-electron chi connectivity index (χ4n) is 4.47. The van der Waals surface area contributed by atoms with Crippen LogP contribution in [0.2, 0.25) is 0 Å². The number of carbonyl (C=O) groups is 2. The van der Waals surface area contributed by atoms with Crippen LogP contribution in [0.15, 0.2) is 46.2 Å². The summed E-state index contributed by atoms with van der Waals surface area (Å²) in [6.07, 6.45) is 0. The average Bonchev–Trinajstić information content (AvgIpc) is 2.80. The van der Waals surface area contributed by atoms with Gasteiger partial charge in [0.15, 0.2) is 11.6 Å². The smallest absolute Gasteiger partial charge is 0.298 e. The first-order valence-electron chi connectivity index (χ1n) is 10.5. The summed E-state index contributed by atoms with van der Waals surface area (Å²) in [4.78, 5) is 25.3. The average molecular weight is 548 g/mol. The molecule has 0 saturated carbocycles. The lowest BCUT2D eigenvalue weighted by Crippen LogP contribution is -2.26. The number of ketones is 2. The van der Waals surface area contributed by atoms with Crippen LogP contribution in [0.1, 0.15) is 37.4 Å². The number of benzene rings is 3. The molecule has 3 aromatic rings. The van der Waals surface area contributed by atoms with Gasteiger partial charge < -0.3 is 21.5 Å². The molecular weight excluding hydrogens is 526 g/mol. The van der Waals surface area contributed by atoms with Crippen molar-refractivity contribution in [3.8, 4) is 16.9 Å². The third-order valence-electron chi connectivity index (χ3n) is 5.95. The minimum Gasteiger partial charge on any atom is -0.496 e. The number of hydrogen-bond acceptors (Lipinski definition) is 10. The topological polar surface area (TPSA) is 216 Å². The van der Waals surface area contributed by atoms with Crippen LogP contribution in [-0.4, -0.2) is 51.7 Å². The van der Waals surface area contributed by atoms with Gasteiger partial charge in [-0.3, -0.25) is 18.7 Å². The summed E-state index contributed by atoms with van der Waals surface area (Å²) in [5.41, 5.74) is 8.82. The molecule has 194 valence electrons. The summed E-state index contributed by atoms with van der Waals surface area (Å²) in [6.45, 7) is 0.111. The number of fused-ring (bicyclic) bond motifs is 2. The first kappa shape index (κ1) is 26.2. The Bertz CT molecular complexity index is 1730. The molecule has 0 amide bonds. The van der Waals surface area contributed by atoms with Gasteiger partial charge in [0.05, 0.1) is 24.0 Å². The lowest BCUT2D eigenvalue weighted by molar-refractivity contribution is 0.0980. The van der Waals surface area contributed by atoms with Crippen molar-refractivity contribution in [2.45, 2.75) is 16.3 Å². The molecule has 1 aliphatic rings. The Morgan fingerprint density at radius 2 is 1.38 bits per heavy atom. The molecule has 3 aromatic carbocycles. The summed E-state index contributed by atoms with van der Waals surface area (Å²) in [5, 5.41) is 2.85. The van der Waals surface area contributed by atoms with E-state index in [1.807, 2.05) is 0 Å². The third kappa shape index (κ3) is 4.14. The third-order valence-corrected chi connectivity index (χ3v) is 7.80. The molecular formula is C23H21N3O9S2. The first-order valence-corrected chi connectivity index (χ1v) is 13.4. The second-order valence-electron chi connectivity index (χ2n) is 8.13. The van der Waals surface area contributed by atoms with Crippen LogP contribution in [0.25, 0.3) is 11.1 Å². The van der Waals surface area contributed by atoms with Crippen molar-refractivity contribution < 1.29 is 40.3 Å². The summed E-state index contributed by atoms with van der Waals surface area (Å²) in [6, 6.07) is 7.86. The zero-order valence-electron chi connectivity index (χ0n) is 19.4. The van der Waals surface area contributed by atoms with E-state index in [1.54, 1.807) is 7.05 Å². The van der Waals surface area contributed by atoms with Crippen molar-refractivity contribution in [2.75, 3.05) is 25.6 Å². The number of nitrogen functional groups attached to an aromatic ring is 2. The molecule has 4 rings (SSSR count). The fourth-order valence-corrected chi connectivity index (χ4v) is 5.92. The number of rotatable bonds is 6. The van der Waals surface area contributed by atoms with Gasteiger partial charge in [0.25, 0.3) is 20.2 Å². The number of nitrogens with two attached hydrogens (primary N) is 2. The van der Waals surface area contributed by atoms with Gasteiger partial charge in [-0.2, -0.15) is 16.8 Å². The van der Waals surface area contributed by atoms with Crippen LogP contribution < -0.4 is 21.5 Å². The lowest BCUT2D eigenvalue weighted by Gasteiger charge is -2.26. The molecule has 0 fully saturated rings. The van der Waals surface area contributed by atoms with E-state index >= 15 is 0 Å². The summed E-state index contributed by atoms with van der Waals surface area (Å²) < 4.78 is 74.7. The van der Waals surface area contributed by atoms with E-state index in [0.29, 0.717) is 5.56 Å². The minimum absolute atomic E-state index is 0.0383. The predicted octanol–water partition coefficient (Wildman–Crippen LogP) is 1.51. The Kier molecular flexibility index (Phi) is 6.34. The summed E-state index contributed by atoms with van der Waals surface area (Å²) in [5.74, 6) is -1.60. The Labute approximate surface area is 211 Å². The van der Waals surface area contributed by atoms with Crippen LogP contribution in [-0.2, 0) is 26.8 Å². The highest BCUT2D eigenvalue weighted by Crippen LogP contribution is 2.47. The lowest BCUT2D eigenvalue weighted by atomic mass is 9.78. The van der Waals surface area contributed by atoms with Gasteiger partial charge in [0.2, 0.25) is 0 Å². The fraction of sp³-hybridized carbons (Fsp3) is 0.130. The van der Waals surface area contributed by atoms with Crippen LogP contribution >= 0.6 is 0 Å². The second-order valence-corrected chi connectivity index (χ2v) is 10.9. The van der Waals surface area contributed by atoms with E-state index in [9.17, 15) is 35.5 Å². The van der Waals surface area contributed by atoms with Crippen LogP contribution in [0.5, 0.6) is 5.75 Å². The van der Waals surface area contributed by atoms with Crippen molar-refractivity contribution in [3.05, 3.63) is 64.2 Å². The highest BCUT2D eigenvalue weighted by Gasteiger charge is 2.40. The number of nitrogens with one attached hydrogen (secondary N) is 1. The van der Waals surface area contributed by atoms with Gasteiger partial charge in [-0.25, -0.2) is 0 Å². The van der Waals surface area contributed by atoms with Crippen LogP contribution in [0.4, 0.5) is 11.4 Å². The number of ether oxygens (including phenoxy) is 1. The van der Waals surface area contributed by atoms with Crippen molar-refractivity contribution in [1.29, 1.82) is 0 Å². The highest BCUT2D eigenvalue weighted by atomic mass is 32.2. The second kappa shape index (κ2) is 8.93. The van der Waals surface area contributed by atoms with E-state index < -0.39 is 75.2 Å². The largest absolute Gasteiger partial charge is 0.496 e. The molecule has 12 nitrogen and oxygen atoms in total. The van der Waals surface area contributed by atoms with E-state index in [0.717, 1.165) is 6.07 Å². The van der Waals surface area contributed by atoms with Gasteiger partial charge in [0, 0.05) is 46.0 Å². The Hall–Kier alpha value is -3.82. The predicted molar refractivity (Wildman–Crippen MR) is 133 cm³/mol. The quantitative estimate of drug-likeness (QED) is 0.171. The SMILES string of the molecule is CNCc1cc(-c2c(N)c(S(=O)(=O)O)c(N)c3c2C(=O)c2ccccc2C3=O)c(S(=O)(=O)O)cc1OC. The monoisotopic (exact) mass is 547 g/mol. The van der Waals surface area contributed by atoms with E-state index in [1.165, 1.54) is 37.4 Å². The van der Waals surface area contributed by atoms with Crippen LogP contribution in [0, 0.1) is 0 Å². The van der Waals surface area contributed by atoms with Gasteiger partial charge >= 0.3 is 0 Å². The Balaban J connectivity index is 2.30.